The Kier molecular flexibility index (Phi) is 7.68. The van der Waals surface area contributed by atoms with Crippen LogP contribution in [0.2, 0.25) is 0 Å². The highest BCUT2D eigenvalue weighted by atomic mass is 32.2. The van der Waals surface area contributed by atoms with Crippen LogP contribution in [0.4, 0.5) is 0 Å². The zero-order valence-corrected chi connectivity index (χ0v) is 19.3. The molecule has 3 aromatic rings. The summed E-state index contributed by atoms with van der Waals surface area (Å²) in [5, 5.41) is 3.94. The van der Waals surface area contributed by atoms with Gasteiger partial charge in [-0.2, -0.15) is 13.5 Å². The van der Waals surface area contributed by atoms with Crippen LogP contribution in [0.5, 0.6) is 17.2 Å². The molecule has 0 saturated heterocycles. The molecule has 3 rings (SSSR count). The van der Waals surface area contributed by atoms with Gasteiger partial charge in [-0.25, -0.2) is 5.43 Å². The maximum Gasteiger partial charge on any atom is 0.339 e. The first-order valence-corrected chi connectivity index (χ1v) is 11.5. The van der Waals surface area contributed by atoms with Crippen LogP contribution in [0.15, 0.2) is 76.7 Å². The molecule has 0 aliphatic carbocycles. The minimum Gasteiger partial charge on any atom is -0.493 e. The number of hydrogen-bond acceptors (Lipinski definition) is 7. The number of aryl methyl sites for hydroxylation is 1. The molecule has 0 aliphatic rings. The summed E-state index contributed by atoms with van der Waals surface area (Å²) in [6.45, 7) is 4.21. The number of carbonyl (C=O) groups is 1. The Morgan fingerprint density at radius 1 is 1.00 bits per heavy atom. The number of methoxy groups -OCH3 is 1. The van der Waals surface area contributed by atoms with Gasteiger partial charge in [0.15, 0.2) is 11.5 Å². The summed E-state index contributed by atoms with van der Waals surface area (Å²) in [6, 6.07) is 17.5. The molecule has 1 amide bonds. The predicted octanol–water partition coefficient (Wildman–Crippen LogP) is 3.93. The molecule has 0 radical (unpaired) electrons. The quantitative estimate of drug-likeness (QED) is 0.290. The van der Waals surface area contributed by atoms with Crippen molar-refractivity contribution in [3.8, 4) is 17.2 Å². The molecule has 0 aliphatic heterocycles. The molecule has 1 N–H and O–H groups in total. The lowest BCUT2D eigenvalue weighted by Gasteiger charge is -2.10. The molecule has 0 spiro atoms. The number of amides is 1. The van der Waals surface area contributed by atoms with Crippen LogP contribution in [0.25, 0.3) is 0 Å². The molecule has 0 atom stereocenters. The Morgan fingerprint density at radius 2 is 1.70 bits per heavy atom. The maximum absolute atomic E-state index is 12.4. The van der Waals surface area contributed by atoms with Gasteiger partial charge in [-0.15, -0.1) is 0 Å². The molecule has 0 bridgehead atoms. The fraction of sp³-hybridized carbons (Fsp3) is 0.167. The van der Waals surface area contributed by atoms with Gasteiger partial charge >= 0.3 is 10.1 Å². The second-order valence-corrected chi connectivity index (χ2v) is 8.46. The first-order valence-electron chi connectivity index (χ1n) is 10.1. The largest absolute Gasteiger partial charge is 0.493 e. The summed E-state index contributed by atoms with van der Waals surface area (Å²) in [7, 11) is -2.43. The normalized spacial score (nSPS) is 11.2. The molecule has 172 valence electrons. The van der Waals surface area contributed by atoms with E-state index < -0.39 is 16.0 Å². The van der Waals surface area contributed by atoms with E-state index in [4.69, 9.17) is 13.7 Å². The van der Waals surface area contributed by atoms with E-state index in [2.05, 4.69) is 10.5 Å². The number of nitrogens with one attached hydrogen (secondary N) is 1. The zero-order valence-electron chi connectivity index (χ0n) is 18.4. The van der Waals surface area contributed by atoms with Crippen LogP contribution in [-0.2, 0) is 10.1 Å². The van der Waals surface area contributed by atoms with Gasteiger partial charge in [-0.05, 0) is 74.0 Å². The fourth-order valence-corrected chi connectivity index (χ4v) is 3.73. The third kappa shape index (κ3) is 6.33. The molecule has 8 nitrogen and oxygen atoms in total. The third-order valence-corrected chi connectivity index (χ3v) is 5.76. The van der Waals surface area contributed by atoms with Crippen LogP contribution >= 0.6 is 0 Å². The lowest BCUT2D eigenvalue weighted by Crippen LogP contribution is -2.17. The van der Waals surface area contributed by atoms with E-state index in [0.29, 0.717) is 29.2 Å². The van der Waals surface area contributed by atoms with Gasteiger partial charge in [-0.1, -0.05) is 17.7 Å². The monoisotopic (exact) mass is 468 g/mol. The molecule has 0 unspecified atom stereocenters. The average Bonchev–Trinajstić information content (AvgIpc) is 2.80. The van der Waals surface area contributed by atoms with Gasteiger partial charge in [0.2, 0.25) is 0 Å². The van der Waals surface area contributed by atoms with Crippen molar-refractivity contribution in [1.29, 1.82) is 0 Å². The number of hydrogen-bond donors (Lipinski definition) is 1. The lowest BCUT2D eigenvalue weighted by atomic mass is 10.2. The number of benzene rings is 3. The highest BCUT2D eigenvalue weighted by Crippen LogP contribution is 2.28. The molecule has 9 heteroatoms. The smallest absolute Gasteiger partial charge is 0.339 e. The number of hydrazone groups is 1. The maximum atomic E-state index is 12.4. The van der Waals surface area contributed by atoms with Crippen molar-refractivity contribution in [2.45, 2.75) is 18.7 Å². The van der Waals surface area contributed by atoms with E-state index in [1.807, 2.05) is 13.8 Å². The van der Waals surface area contributed by atoms with E-state index in [1.54, 1.807) is 42.5 Å². The van der Waals surface area contributed by atoms with Crippen LogP contribution in [0.1, 0.15) is 28.4 Å². The van der Waals surface area contributed by atoms with E-state index in [1.165, 1.54) is 37.6 Å². The number of carbonyl (C=O) groups excluding carboxylic acids is 1. The van der Waals surface area contributed by atoms with Crippen LogP contribution in [0, 0.1) is 6.92 Å². The summed E-state index contributed by atoms with van der Waals surface area (Å²) < 4.78 is 40.6. The number of rotatable bonds is 9. The van der Waals surface area contributed by atoms with Gasteiger partial charge in [0.05, 0.1) is 19.9 Å². The van der Waals surface area contributed by atoms with Crippen molar-refractivity contribution >= 4 is 22.2 Å². The standard InChI is InChI=1S/C24H24N2O6S/c1-4-31-22-14-9-19(15-23(22)30-3)24(27)26-25-16-18-7-10-20(11-8-18)32-33(28,29)21-12-5-17(2)6-13-21/h5-16H,4H2,1-3H3,(H,26,27)/b25-16+. The van der Waals surface area contributed by atoms with Crippen molar-refractivity contribution in [1.82, 2.24) is 5.43 Å². The summed E-state index contributed by atoms with van der Waals surface area (Å²) in [6.07, 6.45) is 1.43. The average molecular weight is 469 g/mol. The molecule has 0 heterocycles. The van der Waals surface area contributed by atoms with Gasteiger partial charge in [-0.3, -0.25) is 4.79 Å². The van der Waals surface area contributed by atoms with E-state index in [0.717, 1.165) is 5.56 Å². The van der Waals surface area contributed by atoms with E-state index in [9.17, 15) is 13.2 Å². The van der Waals surface area contributed by atoms with Crippen LogP contribution < -0.4 is 19.1 Å². The van der Waals surface area contributed by atoms with Crippen LogP contribution in [0.3, 0.4) is 0 Å². The van der Waals surface area contributed by atoms with E-state index >= 15 is 0 Å². The topological polar surface area (TPSA) is 103 Å². The Balaban J connectivity index is 1.61. The van der Waals surface area contributed by atoms with Crippen LogP contribution in [-0.4, -0.2) is 34.3 Å². The molecule has 33 heavy (non-hydrogen) atoms. The second kappa shape index (κ2) is 10.6. The summed E-state index contributed by atoms with van der Waals surface area (Å²) >= 11 is 0. The van der Waals surface area contributed by atoms with Gasteiger partial charge < -0.3 is 13.7 Å². The highest BCUT2D eigenvalue weighted by Gasteiger charge is 2.16. The van der Waals surface area contributed by atoms with Crippen molar-refractivity contribution in [3.63, 3.8) is 0 Å². The molecule has 3 aromatic carbocycles. The Hall–Kier alpha value is -3.85. The molecular formula is C24H24N2O6S. The van der Waals surface area contributed by atoms with Crippen molar-refractivity contribution in [2.24, 2.45) is 5.10 Å². The summed E-state index contributed by atoms with van der Waals surface area (Å²) in [5.41, 5.74) is 4.38. The van der Waals surface area contributed by atoms with Gasteiger partial charge in [0.1, 0.15) is 10.6 Å². The number of ether oxygens (including phenoxy) is 2. The fourth-order valence-electron chi connectivity index (χ4n) is 2.80. The predicted molar refractivity (Wildman–Crippen MR) is 125 cm³/mol. The SMILES string of the molecule is CCOc1ccc(C(=O)N/N=C/c2ccc(OS(=O)(=O)c3ccc(C)cc3)cc2)cc1OC. The zero-order chi connectivity index (χ0) is 23.8. The van der Waals surface area contributed by atoms with E-state index in [-0.39, 0.29) is 10.6 Å². The Labute approximate surface area is 192 Å². The van der Waals surface area contributed by atoms with Gasteiger partial charge in [0.25, 0.3) is 5.91 Å². The summed E-state index contributed by atoms with van der Waals surface area (Å²) in [5.74, 6) is 0.742. The Bertz CT molecular complexity index is 1240. The third-order valence-electron chi connectivity index (χ3n) is 4.50. The summed E-state index contributed by atoms with van der Waals surface area (Å²) in [4.78, 5) is 12.4. The lowest BCUT2D eigenvalue weighted by molar-refractivity contribution is 0.0954. The second-order valence-electron chi connectivity index (χ2n) is 6.92. The van der Waals surface area contributed by atoms with Crippen molar-refractivity contribution in [3.05, 3.63) is 83.4 Å². The molecular weight excluding hydrogens is 444 g/mol. The first-order chi connectivity index (χ1) is 15.8. The van der Waals surface area contributed by atoms with Crippen molar-refractivity contribution in [2.75, 3.05) is 13.7 Å². The first kappa shape index (κ1) is 23.8. The highest BCUT2D eigenvalue weighted by molar-refractivity contribution is 7.87. The van der Waals surface area contributed by atoms with Gasteiger partial charge in [0, 0.05) is 5.56 Å². The molecule has 0 saturated carbocycles. The minimum atomic E-state index is -3.92. The Morgan fingerprint density at radius 3 is 2.33 bits per heavy atom. The molecule has 0 fully saturated rings. The van der Waals surface area contributed by atoms with Crippen molar-refractivity contribution < 1.29 is 26.9 Å². The molecule has 0 aromatic heterocycles. The number of nitrogens with zero attached hydrogens (tertiary/aromatic N) is 1. The minimum absolute atomic E-state index is 0.0763.